The molecular weight excluding hydrogens is 272 g/mol. The van der Waals surface area contributed by atoms with Crippen molar-refractivity contribution in [2.24, 2.45) is 5.84 Å². The van der Waals surface area contributed by atoms with Gasteiger partial charge in [-0.1, -0.05) is 6.92 Å². The minimum Gasteiger partial charge on any atom is -0.377 e. The topological polar surface area (TPSA) is 97.6 Å². The maximum Gasteiger partial charge on any atom is 0.158 e. The van der Waals surface area contributed by atoms with E-state index in [2.05, 4.69) is 32.5 Å². The predicted octanol–water partition coefficient (Wildman–Crippen LogP) is 0.0412. The molecule has 2 rings (SSSR count). The van der Waals surface area contributed by atoms with Crippen LogP contribution in [0.3, 0.4) is 0 Å². The number of rotatable bonds is 7. The Balaban J connectivity index is 1.93. The Labute approximate surface area is 125 Å². The van der Waals surface area contributed by atoms with Crippen molar-refractivity contribution in [3.63, 3.8) is 0 Å². The molecule has 0 radical (unpaired) electrons. The van der Waals surface area contributed by atoms with E-state index in [-0.39, 0.29) is 6.10 Å². The average Bonchev–Trinajstić information content (AvgIpc) is 2.53. The predicted molar refractivity (Wildman–Crippen MR) is 80.9 cm³/mol. The van der Waals surface area contributed by atoms with E-state index < -0.39 is 0 Å². The van der Waals surface area contributed by atoms with Gasteiger partial charge in [0, 0.05) is 32.8 Å². The molecule has 21 heavy (non-hydrogen) atoms. The van der Waals surface area contributed by atoms with Crippen LogP contribution in [0.4, 0.5) is 11.6 Å². The van der Waals surface area contributed by atoms with Crippen molar-refractivity contribution < 1.29 is 9.47 Å². The Morgan fingerprint density at radius 2 is 2.29 bits per heavy atom. The third-order valence-corrected chi connectivity index (χ3v) is 3.37. The van der Waals surface area contributed by atoms with E-state index >= 15 is 0 Å². The smallest absolute Gasteiger partial charge is 0.158 e. The number of aromatic nitrogens is 2. The van der Waals surface area contributed by atoms with Crippen molar-refractivity contribution in [1.29, 1.82) is 0 Å². The molecule has 1 aromatic heterocycles. The maximum absolute atomic E-state index is 5.75. The van der Waals surface area contributed by atoms with Crippen molar-refractivity contribution in [2.45, 2.75) is 19.6 Å². The summed E-state index contributed by atoms with van der Waals surface area (Å²) < 4.78 is 10.8. The van der Waals surface area contributed by atoms with Crippen LogP contribution >= 0.6 is 0 Å². The molecule has 0 aliphatic carbocycles. The van der Waals surface area contributed by atoms with Gasteiger partial charge in [-0.05, 0) is 6.54 Å². The summed E-state index contributed by atoms with van der Waals surface area (Å²) in [4.78, 5) is 11.0. The monoisotopic (exact) mass is 296 g/mol. The van der Waals surface area contributed by atoms with Gasteiger partial charge in [-0.15, -0.1) is 0 Å². The molecule has 0 spiro atoms. The fourth-order valence-corrected chi connectivity index (χ4v) is 2.26. The van der Waals surface area contributed by atoms with Gasteiger partial charge in [0.1, 0.15) is 18.2 Å². The van der Waals surface area contributed by atoms with Crippen molar-refractivity contribution in [3.8, 4) is 0 Å². The second-order valence-electron chi connectivity index (χ2n) is 4.90. The summed E-state index contributed by atoms with van der Waals surface area (Å²) in [6.07, 6.45) is 0.161. The number of ether oxygens (including phenoxy) is 2. The third-order valence-electron chi connectivity index (χ3n) is 3.37. The van der Waals surface area contributed by atoms with Crippen molar-refractivity contribution in [1.82, 2.24) is 14.9 Å². The van der Waals surface area contributed by atoms with Crippen LogP contribution < -0.4 is 16.6 Å². The number of nitrogen functional groups attached to an aromatic ring is 1. The number of hydrazine groups is 1. The molecule has 1 atom stereocenters. The van der Waals surface area contributed by atoms with Crippen LogP contribution in [-0.4, -0.2) is 60.9 Å². The second kappa shape index (κ2) is 8.08. The Hall–Kier alpha value is -1.48. The van der Waals surface area contributed by atoms with E-state index in [0.29, 0.717) is 30.6 Å². The summed E-state index contributed by atoms with van der Waals surface area (Å²) in [6.45, 7) is 6.95. The third kappa shape index (κ3) is 4.78. The van der Waals surface area contributed by atoms with E-state index in [1.54, 1.807) is 13.2 Å². The van der Waals surface area contributed by atoms with E-state index in [1.807, 2.05) is 0 Å². The van der Waals surface area contributed by atoms with E-state index in [0.717, 1.165) is 26.2 Å². The van der Waals surface area contributed by atoms with Crippen molar-refractivity contribution in [3.05, 3.63) is 11.9 Å². The lowest BCUT2D eigenvalue weighted by atomic mass is 10.2. The average molecular weight is 296 g/mol. The number of nitrogens with zero attached hydrogens (tertiary/aromatic N) is 3. The Morgan fingerprint density at radius 3 is 3.00 bits per heavy atom. The SMILES string of the molecule is CCN1CCOC(CNc2cc(NN)nc(COC)n2)C1. The van der Waals surface area contributed by atoms with Crippen LogP contribution in [0.25, 0.3) is 0 Å². The molecule has 0 bridgehead atoms. The molecule has 0 aromatic carbocycles. The molecule has 0 amide bonds. The summed E-state index contributed by atoms with van der Waals surface area (Å²) in [5, 5.41) is 3.28. The largest absolute Gasteiger partial charge is 0.377 e. The number of hydrogen-bond acceptors (Lipinski definition) is 8. The van der Waals surface area contributed by atoms with Gasteiger partial charge in [-0.3, -0.25) is 4.90 Å². The first-order chi connectivity index (χ1) is 10.2. The maximum atomic E-state index is 5.75. The van der Waals surface area contributed by atoms with Gasteiger partial charge in [0.25, 0.3) is 0 Å². The van der Waals surface area contributed by atoms with Gasteiger partial charge in [0.2, 0.25) is 0 Å². The zero-order chi connectivity index (χ0) is 15.1. The molecule has 1 saturated heterocycles. The highest BCUT2D eigenvalue weighted by atomic mass is 16.5. The molecule has 1 unspecified atom stereocenters. The molecule has 8 nitrogen and oxygen atoms in total. The van der Waals surface area contributed by atoms with Crippen molar-refractivity contribution in [2.75, 3.05) is 50.6 Å². The van der Waals surface area contributed by atoms with Gasteiger partial charge in [0.15, 0.2) is 5.82 Å². The number of methoxy groups -OCH3 is 1. The van der Waals surface area contributed by atoms with Crippen LogP contribution in [0.5, 0.6) is 0 Å². The summed E-state index contributed by atoms with van der Waals surface area (Å²) >= 11 is 0. The van der Waals surface area contributed by atoms with E-state index in [9.17, 15) is 0 Å². The van der Waals surface area contributed by atoms with E-state index in [1.165, 1.54) is 0 Å². The van der Waals surface area contributed by atoms with Gasteiger partial charge >= 0.3 is 0 Å². The minimum atomic E-state index is 0.161. The van der Waals surface area contributed by atoms with Crippen LogP contribution in [0.15, 0.2) is 6.07 Å². The number of nitrogens with one attached hydrogen (secondary N) is 2. The number of morpholine rings is 1. The second-order valence-corrected chi connectivity index (χ2v) is 4.90. The lowest BCUT2D eigenvalue weighted by molar-refractivity contribution is -0.0192. The van der Waals surface area contributed by atoms with Crippen LogP contribution in [-0.2, 0) is 16.1 Å². The fraction of sp³-hybridized carbons (Fsp3) is 0.692. The van der Waals surface area contributed by atoms with E-state index in [4.69, 9.17) is 15.3 Å². The number of likely N-dealkylation sites (N-methyl/N-ethyl adjacent to an activating group) is 1. The number of anilines is 2. The lowest BCUT2D eigenvalue weighted by Crippen LogP contribution is -2.45. The molecule has 1 aliphatic heterocycles. The molecule has 118 valence electrons. The summed E-state index contributed by atoms with van der Waals surface area (Å²) in [7, 11) is 1.61. The molecule has 1 aromatic rings. The molecule has 1 fully saturated rings. The summed E-state index contributed by atoms with van der Waals surface area (Å²) in [5.41, 5.74) is 2.53. The van der Waals surface area contributed by atoms with Crippen LogP contribution in [0, 0.1) is 0 Å². The zero-order valence-electron chi connectivity index (χ0n) is 12.6. The lowest BCUT2D eigenvalue weighted by Gasteiger charge is -2.32. The highest BCUT2D eigenvalue weighted by Crippen LogP contribution is 2.12. The fourth-order valence-electron chi connectivity index (χ4n) is 2.26. The minimum absolute atomic E-state index is 0.161. The van der Waals surface area contributed by atoms with Crippen molar-refractivity contribution >= 4 is 11.6 Å². The molecule has 2 heterocycles. The Bertz CT molecular complexity index is 445. The quantitative estimate of drug-likeness (QED) is 0.479. The molecule has 1 aliphatic rings. The molecule has 0 saturated carbocycles. The normalized spacial score (nSPS) is 19.5. The van der Waals surface area contributed by atoms with Gasteiger partial charge < -0.3 is 20.2 Å². The molecule has 4 N–H and O–H groups in total. The van der Waals surface area contributed by atoms with Crippen LogP contribution in [0.1, 0.15) is 12.7 Å². The highest BCUT2D eigenvalue weighted by molar-refractivity contribution is 5.46. The van der Waals surface area contributed by atoms with Crippen LogP contribution in [0.2, 0.25) is 0 Å². The number of nitrogens with two attached hydrogens (primary N) is 1. The Morgan fingerprint density at radius 1 is 1.48 bits per heavy atom. The first kappa shape index (κ1) is 15.9. The molecular formula is C13H24N6O2. The molecule has 8 heteroatoms. The summed E-state index contributed by atoms with van der Waals surface area (Å²) in [5.74, 6) is 7.26. The Kier molecular flexibility index (Phi) is 6.12. The first-order valence-electron chi connectivity index (χ1n) is 7.16. The number of hydrogen-bond donors (Lipinski definition) is 3. The first-order valence-corrected chi connectivity index (χ1v) is 7.16. The summed E-state index contributed by atoms with van der Waals surface area (Å²) in [6, 6.07) is 1.76. The zero-order valence-corrected chi connectivity index (χ0v) is 12.6. The highest BCUT2D eigenvalue weighted by Gasteiger charge is 2.19. The standard InChI is InChI=1S/C13H24N6O2/c1-3-19-4-5-21-10(8-19)7-15-11-6-12(18-14)17-13(16-11)9-20-2/h6,10H,3-5,7-9,14H2,1-2H3,(H2,15,16,17,18). The van der Waals surface area contributed by atoms with Gasteiger partial charge in [-0.25, -0.2) is 15.8 Å². The van der Waals surface area contributed by atoms with Gasteiger partial charge in [-0.2, -0.15) is 0 Å². The van der Waals surface area contributed by atoms with Gasteiger partial charge in [0.05, 0.1) is 12.7 Å².